The first kappa shape index (κ1) is 33.4. The Morgan fingerprint density at radius 2 is 1.65 bits per heavy atom. The highest BCUT2D eigenvalue weighted by Gasteiger charge is 2.47. The molecule has 1 atom stereocenters. The summed E-state index contributed by atoms with van der Waals surface area (Å²) in [6.07, 6.45) is -0.120. The molecule has 1 aliphatic heterocycles. The second-order valence-electron chi connectivity index (χ2n) is 12.1. The largest absolute Gasteiger partial charge is 0.463 e. The molecule has 0 bridgehead atoms. The molecular weight excluding hydrogens is 612 g/mol. The van der Waals surface area contributed by atoms with Gasteiger partial charge in [-0.2, -0.15) is 4.68 Å². The summed E-state index contributed by atoms with van der Waals surface area (Å²) >= 11 is 0. The Labute approximate surface area is 278 Å². The summed E-state index contributed by atoms with van der Waals surface area (Å²) in [5, 5.41) is 26.2. The molecule has 13 nitrogen and oxygen atoms in total. The van der Waals surface area contributed by atoms with E-state index in [-0.39, 0.29) is 36.2 Å². The number of benzene rings is 3. The van der Waals surface area contributed by atoms with Gasteiger partial charge in [0.1, 0.15) is 0 Å². The van der Waals surface area contributed by atoms with Crippen LogP contribution < -0.4 is 21.3 Å². The fourth-order valence-corrected chi connectivity index (χ4v) is 5.70. The smallest absolute Gasteiger partial charge is 0.432 e. The highest BCUT2D eigenvalue weighted by molar-refractivity contribution is 6.05. The molecule has 5 N–H and O–H groups in total. The van der Waals surface area contributed by atoms with E-state index in [0.29, 0.717) is 40.4 Å². The van der Waals surface area contributed by atoms with E-state index in [9.17, 15) is 24.3 Å². The average Bonchev–Trinajstić information content (AvgIpc) is 3.56. The van der Waals surface area contributed by atoms with Crippen LogP contribution >= 0.6 is 0 Å². The molecule has 1 aliphatic rings. The monoisotopic (exact) mass is 650 g/mol. The maximum atomic E-state index is 13.8. The predicted molar refractivity (Wildman–Crippen MR) is 183 cm³/mol. The highest BCUT2D eigenvalue weighted by atomic mass is 16.4. The van der Waals surface area contributed by atoms with Crippen LogP contribution in [0.1, 0.15) is 47.1 Å². The number of urea groups is 1. The van der Waals surface area contributed by atoms with Crippen molar-refractivity contribution in [2.24, 2.45) is 0 Å². The molecular formula is C35H38N8O5. The Balaban J connectivity index is 1.35. The molecule has 13 heteroatoms. The lowest BCUT2D eigenvalue weighted by atomic mass is 10.0. The third kappa shape index (κ3) is 7.21. The van der Waals surface area contributed by atoms with Crippen LogP contribution in [0, 0.1) is 0 Å². The van der Waals surface area contributed by atoms with Crippen molar-refractivity contribution in [1.82, 2.24) is 24.9 Å². The van der Waals surface area contributed by atoms with Crippen molar-refractivity contribution in [2.45, 2.75) is 32.0 Å². The van der Waals surface area contributed by atoms with Crippen molar-refractivity contribution in [3.8, 4) is 0 Å². The third-order valence-electron chi connectivity index (χ3n) is 8.01. The Morgan fingerprint density at radius 1 is 0.958 bits per heavy atom. The summed E-state index contributed by atoms with van der Waals surface area (Å²) in [5.74, 6) is -0.438. The zero-order valence-electron chi connectivity index (χ0n) is 27.2. The molecule has 0 fully saturated rings. The van der Waals surface area contributed by atoms with Crippen LogP contribution in [0.4, 0.5) is 32.5 Å². The number of hydrogen-bond donors (Lipinski definition) is 5. The number of aromatic nitrogens is 2. The molecule has 248 valence electrons. The van der Waals surface area contributed by atoms with Crippen LogP contribution in [0.3, 0.4) is 0 Å². The zero-order valence-corrected chi connectivity index (χ0v) is 27.2. The van der Waals surface area contributed by atoms with Gasteiger partial charge in [0.2, 0.25) is 5.91 Å². The maximum Gasteiger partial charge on any atom is 0.432 e. The van der Waals surface area contributed by atoms with Gasteiger partial charge in [-0.15, -0.1) is 5.10 Å². The molecule has 48 heavy (non-hydrogen) atoms. The van der Waals surface area contributed by atoms with Crippen molar-refractivity contribution >= 4 is 46.8 Å². The van der Waals surface area contributed by atoms with Gasteiger partial charge in [-0.3, -0.25) is 9.59 Å². The standard InChI is InChI=1S/C35H38N8O5/c1-6-29(44)36-24-17-15-23(16-18-24)32(45)38-26-14-10-13-25(19-26)37-31-27-20-42(35(2,3)30(27)43(40-31)34(47)48)33(46)39-28(21-41(4)5)22-11-8-7-9-12-22/h6-19,28H,1,20-21H2,2-5H3,(H,36,44)(H,37,40)(H,38,45)(H,39,46)(H,47,48)/t28-/m1/s1. The maximum absolute atomic E-state index is 13.8. The lowest BCUT2D eigenvalue weighted by molar-refractivity contribution is -0.111. The van der Waals surface area contributed by atoms with E-state index in [1.165, 1.54) is 0 Å². The number of amides is 4. The Hall–Kier alpha value is -5.95. The van der Waals surface area contributed by atoms with Gasteiger partial charge in [-0.25, -0.2) is 9.59 Å². The van der Waals surface area contributed by atoms with Gasteiger partial charge in [0.05, 0.1) is 23.8 Å². The summed E-state index contributed by atoms with van der Waals surface area (Å²) in [5.41, 5.74) is 2.83. The number of nitrogens with one attached hydrogen (secondary N) is 4. The third-order valence-corrected chi connectivity index (χ3v) is 8.01. The van der Waals surface area contributed by atoms with Crippen molar-refractivity contribution in [3.05, 3.63) is 114 Å². The van der Waals surface area contributed by atoms with E-state index in [1.54, 1.807) is 67.3 Å². The van der Waals surface area contributed by atoms with Crippen LogP contribution in [0.2, 0.25) is 0 Å². The zero-order chi connectivity index (χ0) is 34.6. The van der Waals surface area contributed by atoms with Crippen molar-refractivity contribution < 1.29 is 24.3 Å². The number of rotatable bonds is 10. The van der Waals surface area contributed by atoms with E-state index in [4.69, 9.17) is 0 Å². The lowest BCUT2D eigenvalue weighted by Gasteiger charge is -2.34. The Bertz CT molecular complexity index is 1850. The second kappa shape index (κ2) is 13.8. The van der Waals surface area contributed by atoms with Gasteiger partial charge in [0.15, 0.2) is 5.82 Å². The fourth-order valence-electron chi connectivity index (χ4n) is 5.70. The molecule has 0 unspecified atom stereocenters. The van der Waals surface area contributed by atoms with E-state index >= 15 is 0 Å². The first-order valence-electron chi connectivity index (χ1n) is 15.2. The molecule has 2 heterocycles. The van der Waals surface area contributed by atoms with Crippen molar-refractivity contribution in [3.63, 3.8) is 0 Å². The number of carboxylic acid groups (broad SMARTS) is 1. The Kier molecular flexibility index (Phi) is 9.61. The van der Waals surface area contributed by atoms with Crippen molar-refractivity contribution in [2.75, 3.05) is 36.6 Å². The van der Waals surface area contributed by atoms with E-state index in [2.05, 4.69) is 32.9 Å². The molecule has 0 radical (unpaired) electrons. The number of carbonyl (C=O) groups excluding carboxylic acids is 3. The summed E-state index contributed by atoms with van der Waals surface area (Å²) in [7, 11) is 3.87. The minimum absolute atomic E-state index is 0.118. The predicted octanol–water partition coefficient (Wildman–Crippen LogP) is 5.59. The number of hydrogen-bond acceptors (Lipinski definition) is 7. The molecule has 4 aromatic rings. The van der Waals surface area contributed by atoms with Crippen LogP contribution in [-0.4, -0.2) is 69.3 Å². The van der Waals surface area contributed by atoms with Crippen LogP contribution in [0.5, 0.6) is 0 Å². The van der Waals surface area contributed by atoms with Crippen LogP contribution in [0.25, 0.3) is 0 Å². The van der Waals surface area contributed by atoms with Gasteiger partial charge in [0, 0.05) is 34.7 Å². The molecule has 0 saturated heterocycles. The highest BCUT2D eigenvalue weighted by Crippen LogP contribution is 2.43. The second-order valence-corrected chi connectivity index (χ2v) is 12.1. The quantitative estimate of drug-likeness (QED) is 0.139. The normalized spacial score (nSPS) is 13.7. The number of nitrogens with zero attached hydrogens (tertiary/aromatic N) is 4. The average molecular weight is 651 g/mol. The summed E-state index contributed by atoms with van der Waals surface area (Å²) in [6, 6.07) is 22.4. The van der Waals surface area contributed by atoms with Gasteiger partial charge >= 0.3 is 12.1 Å². The first-order chi connectivity index (χ1) is 22.9. The fraction of sp³-hybridized carbons (Fsp3) is 0.229. The molecule has 0 spiro atoms. The summed E-state index contributed by atoms with van der Waals surface area (Å²) in [6.45, 7) is 7.69. The molecule has 0 saturated carbocycles. The van der Waals surface area contributed by atoms with Crippen molar-refractivity contribution in [1.29, 1.82) is 0 Å². The summed E-state index contributed by atoms with van der Waals surface area (Å²) in [4.78, 5) is 54.2. The number of anilines is 4. The Morgan fingerprint density at radius 3 is 2.29 bits per heavy atom. The molecule has 3 aromatic carbocycles. The van der Waals surface area contributed by atoms with Gasteiger partial charge < -0.3 is 36.2 Å². The number of fused-ring (bicyclic) bond motifs is 1. The molecule has 5 rings (SSSR count). The van der Waals surface area contributed by atoms with Gasteiger partial charge in [0.25, 0.3) is 5.91 Å². The minimum Gasteiger partial charge on any atom is -0.463 e. The van der Waals surface area contributed by atoms with Gasteiger partial charge in [-0.1, -0.05) is 43.0 Å². The number of carbonyl (C=O) groups is 4. The minimum atomic E-state index is -1.28. The van der Waals surface area contributed by atoms with E-state index < -0.39 is 11.6 Å². The van der Waals surface area contributed by atoms with Gasteiger partial charge in [-0.05, 0) is 82.0 Å². The van der Waals surface area contributed by atoms with Crippen LogP contribution in [-0.2, 0) is 16.9 Å². The number of likely N-dealkylation sites (N-methyl/N-ethyl adjacent to an activating group) is 1. The topological polar surface area (TPSA) is 161 Å². The summed E-state index contributed by atoms with van der Waals surface area (Å²) < 4.78 is 0.909. The lowest BCUT2D eigenvalue weighted by Crippen LogP contribution is -2.49. The van der Waals surface area contributed by atoms with E-state index in [1.807, 2.05) is 49.3 Å². The van der Waals surface area contributed by atoms with E-state index in [0.717, 1.165) is 16.3 Å². The molecule has 4 amide bonds. The molecule has 0 aliphatic carbocycles. The SMILES string of the molecule is C=CC(=O)Nc1ccc(C(=O)Nc2cccc(Nc3nn(C(=O)O)c4c3CN(C(=O)N[C@H](CN(C)C)c3ccccc3)C4(C)C)c2)cc1. The molecule has 1 aromatic heterocycles. The first-order valence-corrected chi connectivity index (χ1v) is 15.2. The van der Waals surface area contributed by atoms with Crippen LogP contribution in [0.15, 0.2) is 91.5 Å².